The molecule has 2 saturated heterocycles. The van der Waals surface area contributed by atoms with Crippen LogP contribution in [0.3, 0.4) is 0 Å². The molecule has 41 heavy (non-hydrogen) atoms. The molecule has 214 valence electrons. The lowest BCUT2D eigenvalue weighted by Gasteiger charge is -2.37. The second kappa shape index (κ2) is 11.9. The SMILES string of the molecule is O=C(Nc1ccc(N2CCN(C(=O)Nc3cccc(C(F)(F)F)c3)CC2)c(C(=O)N2CCCC2)c1)c1ccccc1. The number of benzene rings is 3. The molecule has 2 heterocycles. The highest BCUT2D eigenvalue weighted by atomic mass is 19.4. The molecule has 2 fully saturated rings. The lowest BCUT2D eigenvalue weighted by Crippen LogP contribution is -2.50. The molecule has 5 rings (SSSR count). The van der Waals surface area contributed by atoms with Crippen molar-refractivity contribution >= 4 is 34.9 Å². The summed E-state index contributed by atoms with van der Waals surface area (Å²) in [5.74, 6) is -0.392. The Hall–Kier alpha value is -4.54. The van der Waals surface area contributed by atoms with E-state index < -0.39 is 17.8 Å². The van der Waals surface area contributed by atoms with Gasteiger partial charge in [-0.1, -0.05) is 24.3 Å². The van der Waals surface area contributed by atoms with Crippen molar-refractivity contribution in [3.05, 3.63) is 89.5 Å². The van der Waals surface area contributed by atoms with Crippen LogP contribution >= 0.6 is 0 Å². The molecule has 0 atom stereocenters. The standard InChI is InChI=1S/C30H30F3N5O3/c31-30(32,33)22-9-6-10-23(19-22)35-29(41)38-17-15-36(16-18-38)26-12-11-24(34-27(39)21-7-2-1-3-8-21)20-25(26)28(40)37-13-4-5-14-37/h1-3,6-12,19-20H,4-5,13-18H2,(H,34,39)(H,35,41). The van der Waals surface area contributed by atoms with Gasteiger partial charge in [-0.25, -0.2) is 4.79 Å². The summed E-state index contributed by atoms with van der Waals surface area (Å²) in [6.45, 7) is 2.81. The maximum absolute atomic E-state index is 13.5. The van der Waals surface area contributed by atoms with Crippen LogP contribution in [-0.4, -0.2) is 66.9 Å². The van der Waals surface area contributed by atoms with Crippen molar-refractivity contribution in [2.45, 2.75) is 19.0 Å². The average Bonchev–Trinajstić information content (AvgIpc) is 3.52. The normalized spacial score (nSPS) is 15.5. The molecule has 4 amide bonds. The number of hydrogen-bond acceptors (Lipinski definition) is 4. The first-order valence-corrected chi connectivity index (χ1v) is 13.5. The van der Waals surface area contributed by atoms with Crippen LogP contribution in [0.5, 0.6) is 0 Å². The smallest absolute Gasteiger partial charge is 0.367 e. The molecular weight excluding hydrogens is 535 g/mol. The molecule has 2 N–H and O–H groups in total. The number of anilines is 3. The van der Waals surface area contributed by atoms with Gasteiger partial charge >= 0.3 is 12.2 Å². The maximum Gasteiger partial charge on any atom is 0.416 e. The third-order valence-electron chi connectivity index (χ3n) is 7.26. The van der Waals surface area contributed by atoms with E-state index in [-0.39, 0.29) is 17.5 Å². The van der Waals surface area contributed by atoms with Crippen molar-refractivity contribution in [3.63, 3.8) is 0 Å². The number of carbonyl (C=O) groups excluding carboxylic acids is 3. The van der Waals surface area contributed by atoms with Gasteiger partial charge in [-0.2, -0.15) is 13.2 Å². The van der Waals surface area contributed by atoms with E-state index >= 15 is 0 Å². The van der Waals surface area contributed by atoms with Gasteiger partial charge in [-0.05, 0) is 61.4 Å². The Kier molecular flexibility index (Phi) is 8.14. The summed E-state index contributed by atoms with van der Waals surface area (Å²) < 4.78 is 39.1. The van der Waals surface area contributed by atoms with Gasteiger partial charge < -0.3 is 25.3 Å². The number of amides is 4. The zero-order valence-electron chi connectivity index (χ0n) is 22.3. The van der Waals surface area contributed by atoms with Crippen molar-refractivity contribution in [3.8, 4) is 0 Å². The Morgan fingerprint density at radius 3 is 2.05 bits per heavy atom. The fraction of sp³-hybridized carbons (Fsp3) is 0.300. The summed E-state index contributed by atoms with van der Waals surface area (Å²) in [5, 5.41) is 5.42. The van der Waals surface area contributed by atoms with Crippen molar-refractivity contribution in [1.29, 1.82) is 0 Å². The molecule has 2 aliphatic rings. The molecule has 11 heteroatoms. The number of alkyl halides is 3. The number of likely N-dealkylation sites (tertiary alicyclic amines) is 1. The number of piperazine rings is 1. The Labute approximate surface area is 235 Å². The average molecular weight is 566 g/mol. The van der Waals surface area contributed by atoms with E-state index in [1.54, 1.807) is 41.3 Å². The Balaban J connectivity index is 1.29. The van der Waals surface area contributed by atoms with Crippen molar-refractivity contribution in [1.82, 2.24) is 9.80 Å². The number of halogens is 3. The molecule has 3 aromatic rings. The van der Waals surface area contributed by atoms with Crippen LogP contribution in [0.25, 0.3) is 0 Å². The van der Waals surface area contributed by atoms with Crippen LogP contribution < -0.4 is 15.5 Å². The predicted octanol–water partition coefficient (Wildman–Crippen LogP) is 5.55. The minimum absolute atomic E-state index is 0.0684. The van der Waals surface area contributed by atoms with Crippen LogP contribution in [0.15, 0.2) is 72.8 Å². The lowest BCUT2D eigenvalue weighted by molar-refractivity contribution is -0.137. The monoisotopic (exact) mass is 565 g/mol. The topological polar surface area (TPSA) is 85.0 Å². The van der Waals surface area contributed by atoms with Gasteiger partial charge in [-0.3, -0.25) is 9.59 Å². The quantitative estimate of drug-likeness (QED) is 0.425. The minimum atomic E-state index is -4.50. The molecule has 0 aliphatic carbocycles. The van der Waals surface area contributed by atoms with E-state index in [0.29, 0.717) is 61.8 Å². The Bertz CT molecular complexity index is 1420. The summed E-state index contributed by atoms with van der Waals surface area (Å²) in [6.07, 6.45) is -2.63. The minimum Gasteiger partial charge on any atom is -0.367 e. The molecule has 3 aromatic carbocycles. The number of hydrogen-bond donors (Lipinski definition) is 2. The fourth-order valence-corrected chi connectivity index (χ4v) is 5.07. The summed E-state index contributed by atoms with van der Waals surface area (Å²) >= 11 is 0. The Morgan fingerprint density at radius 1 is 0.683 bits per heavy atom. The molecule has 0 aromatic heterocycles. The van der Waals surface area contributed by atoms with E-state index in [0.717, 1.165) is 25.0 Å². The van der Waals surface area contributed by atoms with Crippen molar-refractivity contribution < 1.29 is 27.6 Å². The number of carbonyl (C=O) groups is 3. The number of urea groups is 1. The molecule has 0 radical (unpaired) electrons. The fourth-order valence-electron chi connectivity index (χ4n) is 5.07. The van der Waals surface area contributed by atoms with Crippen LogP contribution in [0.1, 0.15) is 39.1 Å². The second-order valence-electron chi connectivity index (χ2n) is 10.0. The molecule has 2 aliphatic heterocycles. The highest BCUT2D eigenvalue weighted by molar-refractivity contribution is 6.06. The van der Waals surface area contributed by atoms with E-state index in [2.05, 4.69) is 10.6 Å². The van der Waals surface area contributed by atoms with E-state index in [1.165, 1.54) is 17.0 Å². The first-order valence-electron chi connectivity index (χ1n) is 13.5. The van der Waals surface area contributed by atoms with Crippen LogP contribution in [0, 0.1) is 0 Å². The van der Waals surface area contributed by atoms with Gasteiger partial charge in [0, 0.05) is 61.9 Å². The third-order valence-corrected chi connectivity index (χ3v) is 7.26. The van der Waals surface area contributed by atoms with Gasteiger partial charge in [-0.15, -0.1) is 0 Å². The predicted molar refractivity (Wildman–Crippen MR) is 150 cm³/mol. The Morgan fingerprint density at radius 2 is 1.37 bits per heavy atom. The molecular formula is C30H30F3N5O3. The number of rotatable bonds is 5. The van der Waals surface area contributed by atoms with Crippen molar-refractivity contribution in [2.75, 3.05) is 54.8 Å². The third kappa shape index (κ3) is 6.62. The van der Waals surface area contributed by atoms with Gasteiger partial charge in [0.15, 0.2) is 0 Å². The summed E-state index contributed by atoms with van der Waals surface area (Å²) in [5.41, 5.74) is 1.42. The van der Waals surface area contributed by atoms with Gasteiger partial charge in [0.25, 0.3) is 11.8 Å². The molecule has 0 spiro atoms. The van der Waals surface area contributed by atoms with E-state index in [4.69, 9.17) is 0 Å². The van der Waals surface area contributed by atoms with Crippen molar-refractivity contribution in [2.24, 2.45) is 0 Å². The zero-order valence-corrected chi connectivity index (χ0v) is 22.3. The van der Waals surface area contributed by atoms with Gasteiger partial charge in [0.1, 0.15) is 0 Å². The zero-order chi connectivity index (χ0) is 29.0. The summed E-state index contributed by atoms with van der Waals surface area (Å²) in [4.78, 5) is 44.4. The highest BCUT2D eigenvalue weighted by Gasteiger charge is 2.31. The second-order valence-corrected chi connectivity index (χ2v) is 10.0. The van der Waals surface area contributed by atoms with E-state index in [9.17, 15) is 27.6 Å². The largest absolute Gasteiger partial charge is 0.416 e. The van der Waals surface area contributed by atoms with Crippen LogP contribution in [0.4, 0.5) is 35.0 Å². The number of nitrogens with one attached hydrogen (secondary N) is 2. The lowest BCUT2D eigenvalue weighted by atomic mass is 10.1. The van der Waals surface area contributed by atoms with E-state index in [1.807, 2.05) is 17.0 Å². The maximum atomic E-state index is 13.5. The van der Waals surface area contributed by atoms with Gasteiger partial charge in [0.2, 0.25) is 0 Å². The molecule has 0 bridgehead atoms. The molecule has 0 saturated carbocycles. The van der Waals surface area contributed by atoms with Crippen LogP contribution in [-0.2, 0) is 6.18 Å². The van der Waals surface area contributed by atoms with Crippen LogP contribution in [0.2, 0.25) is 0 Å². The highest BCUT2D eigenvalue weighted by Crippen LogP contribution is 2.31. The number of nitrogens with zero attached hydrogens (tertiary/aromatic N) is 3. The first-order chi connectivity index (χ1) is 19.7. The molecule has 0 unspecified atom stereocenters. The molecule has 8 nitrogen and oxygen atoms in total. The summed E-state index contributed by atoms with van der Waals surface area (Å²) in [6, 6.07) is 18.1. The van der Waals surface area contributed by atoms with Gasteiger partial charge in [0.05, 0.1) is 11.1 Å². The summed E-state index contributed by atoms with van der Waals surface area (Å²) in [7, 11) is 0. The first kappa shape index (κ1) is 28.0.